The number of hydrogen-bond donors (Lipinski definition) is 1. The zero-order valence-electron chi connectivity index (χ0n) is 18.2. The Balaban J connectivity index is 1.20. The fourth-order valence-corrected chi connectivity index (χ4v) is 5.10. The highest BCUT2D eigenvalue weighted by atomic mass is 32.1. The van der Waals surface area contributed by atoms with E-state index in [0.29, 0.717) is 24.1 Å². The Bertz CT molecular complexity index is 1220. The van der Waals surface area contributed by atoms with E-state index in [0.717, 1.165) is 40.6 Å². The summed E-state index contributed by atoms with van der Waals surface area (Å²) in [7, 11) is 0. The van der Waals surface area contributed by atoms with Gasteiger partial charge in [-0.05, 0) is 30.0 Å². The molecule has 33 heavy (non-hydrogen) atoms. The van der Waals surface area contributed by atoms with E-state index in [-0.39, 0.29) is 5.78 Å². The highest BCUT2D eigenvalue weighted by Crippen LogP contribution is 2.34. The quantitative estimate of drug-likeness (QED) is 0.409. The predicted molar refractivity (Wildman–Crippen MR) is 132 cm³/mol. The summed E-state index contributed by atoms with van der Waals surface area (Å²) in [4.78, 5) is 24.6. The van der Waals surface area contributed by atoms with Crippen molar-refractivity contribution in [1.29, 1.82) is 0 Å². The third kappa shape index (κ3) is 4.72. The number of nitrogens with zero attached hydrogens (tertiary/aromatic N) is 3. The molecule has 6 heteroatoms. The van der Waals surface area contributed by atoms with Crippen LogP contribution in [0.3, 0.4) is 0 Å². The van der Waals surface area contributed by atoms with Gasteiger partial charge in [0.2, 0.25) is 0 Å². The van der Waals surface area contributed by atoms with E-state index in [4.69, 9.17) is 0 Å². The van der Waals surface area contributed by atoms with Crippen LogP contribution in [-0.2, 0) is 12.0 Å². The summed E-state index contributed by atoms with van der Waals surface area (Å²) < 4.78 is 0. The summed E-state index contributed by atoms with van der Waals surface area (Å²) in [6.45, 7) is 1.47. The maximum atomic E-state index is 12.8. The van der Waals surface area contributed by atoms with E-state index >= 15 is 0 Å². The molecule has 1 N–H and O–H groups in total. The number of carbonyl (C=O) groups excluding carboxylic acids is 1. The molecule has 1 fully saturated rings. The number of hydrogen-bond acceptors (Lipinski definition) is 6. The number of ketones is 1. The lowest BCUT2D eigenvalue weighted by Crippen LogP contribution is -2.42. The van der Waals surface area contributed by atoms with Crippen molar-refractivity contribution in [1.82, 2.24) is 9.97 Å². The lowest BCUT2D eigenvalue weighted by molar-refractivity contribution is 0.0116. The molecule has 0 aliphatic carbocycles. The van der Waals surface area contributed by atoms with Gasteiger partial charge in [-0.25, -0.2) is 9.97 Å². The van der Waals surface area contributed by atoms with Crippen LogP contribution in [0.4, 0.5) is 5.82 Å². The van der Waals surface area contributed by atoms with E-state index in [1.54, 1.807) is 12.4 Å². The maximum absolute atomic E-state index is 12.8. The Morgan fingerprint density at radius 3 is 2.27 bits per heavy atom. The number of thiazole rings is 1. The summed E-state index contributed by atoms with van der Waals surface area (Å²) in [6, 6.07) is 23.7. The van der Waals surface area contributed by atoms with Gasteiger partial charge in [0.25, 0.3) is 0 Å². The molecule has 5 rings (SSSR count). The lowest BCUT2D eigenvalue weighted by Gasteiger charge is -2.39. The molecule has 0 spiro atoms. The average Bonchev–Trinajstić information content (AvgIpc) is 3.37. The minimum absolute atomic E-state index is 0.0510. The monoisotopic (exact) mass is 455 g/mol. The number of Topliss-reactive ketones (excluding diaryl/α,β-unsaturated/α-hetero) is 1. The van der Waals surface area contributed by atoms with Crippen molar-refractivity contribution in [3.63, 3.8) is 0 Å². The Hall–Kier alpha value is -3.35. The molecule has 1 aliphatic rings. The van der Waals surface area contributed by atoms with Gasteiger partial charge in [-0.1, -0.05) is 66.7 Å². The van der Waals surface area contributed by atoms with Crippen LogP contribution < -0.4 is 4.90 Å². The van der Waals surface area contributed by atoms with Gasteiger partial charge in [-0.2, -0.15) is 0 Å². The predicted octanol–water partition coefficient (Wildman–Crippen LogP) is 5.12. The molecule has 3 heterocycles. The third-order valence-electron chi connectivity index (χ3n) is 6.20. The lowest BCUT2D eigenvalue weighted by atomic mass is 9.84. The second kappa shape index (κ2) is 9.25. The van der Waals surface area contributed by atoms with Crippen molar-refractivity contribution in [2.45, 2.75) is 24.9 Å². The molecule has 0 bridgehead atoms. The average molecular weight is 456 g/mol. The van der Waals surface area contributed by atoms with Gasteiger partial charge in [0.1, 0.15) is 10.8 Å². The van der Waals surface area contributed by atoms with Crippen molar-refractivity contribution < 1.29 is 9.90 Å². The first-order chi connectivity index (χ1) is 16.1. The number of piperidine rings is 1. The Morgan fingerprint density at radius 1 is 0.909 bits per heavy atom. The number of rotatable bonds is 6. The maximum Gasteiger partial charge on any atom is 0.178 e. The molecular formula is C27H25N3O2S. The molecule has 1 aliphatic heterocycles. The smallest absolute Gasteiger partial charge is 0.178 e. The Labute approximate surface area is 197 Å². The minimum atomic E-state index is -0.780. The van der Waals surface area contributed by atoms with E-state index in [1.165, 1.54) is 11.3 Å². The number of aromatic nitrogens is 2. The van der Waals surface area contributed by atoms with Gasteiger partial charge in [-0.3, -0.25) is 4.79 Å². The highest BCUT2D eigenvalue weighted by molar-refractivity contribution is 7.16. The fourth-order valence-electron chi connectivity index (χ4n) is 4.24. The van der Waals surface area contributed by atoms with E-state index in [1.807, 2.05) is 72.8 Å². The molecule has 0 saturated carbocycles. The summed E-state index contributed by atoms with van der Waals surface area (Å²) in [5.74, 6) is 0.931. The largest absolute Gasteiger partial charge is 0.385 e. The van der Waals surface area contributed by atoms with Crippen LogP contribution >= 0.6 is 11.3 Å². The van der Waals surface area contributed by atoms with E-state index in [9.17, 15) is 9.90 Å². The molecule has 0 atom stereocenters. The second-order valence-electron chi connectivity index (χ2n) is 8.40. The van der Waals surface area contributed by atoms with Crippen molar-refractivity contribution in [3.8, 4) is 10.6 Å². The number of benzene rings is 2. The number of anilines is 1. The molecule has 4 aromatic rings. The SMILES string of the molecule is O=C(Cc1ccc(N2CCC(O)(c3ccccc3)CC2)nc1)c1cnc(-c2ccccc2)s1. The third-order valence-corrected chi connectivity index (χ3v) is 7.29. The summed E-state index contributed by atoms with van der Waals surface area (Å²) >= 11 is 1.42. The van der Waals surface area contributed by atoms with Gasteiger partial charge in [0.15, 0.2) is 5.78 Å². The molecule has 1 saturated heterocycles. The summed E-state index contributed by atoms with van der Waals surface area (Å²) in [6.07, 6.45) is 5.07. The van der Waals surface area contributed by atoms with Crippen LogP contribution in [0.15, 0.2) is 85.2 Å². The number of aliphatic hydroxyl groups is 1. The molecule has 2 aromatic carbocycles. The summed E-state index contributed by atoms with van der Waals surface area (Å²) in [5.41, 5.74) is 2.10. The Kier molecular flexibility index (Phi) is 6.03. The van der Waals surface area contributed by atoms with Gasteiger partial charge >= 0.3 is 0 Å². The van der Waals surface area contributed by atoms with E-state index in [2.05, 4.69) is 14.9 Å². The van der Waals surface area contributed by atoms with Crippen molar-refractivity contribution >= 4 is 22.9 Å². The number of pyridine rings is 1. The van der Waals surface area contributed by atoms with Crippen molar-refractivity contribution in [3.05, 3.63) is 101 Å². The standard InChI is InChI=1S/C27H25N3O2S/c31-23(24-19-29-26(33-24)21-7-3-1-4-8-21)17-20-11-12-25(28-18-20)30-15-13-27(32,14-16-30)22-9-5-2-6-10-22/h1-12,18-19,32H,13-17H2. The zero-order valence-corrected chi connectivity index (χ0v) is 19.0. The first-order valence-electron chi connectivity index (χ1n) is 11.1. The molecule has 0 amide bonds. The van der Waals surface area contributed by atoms with Gasteiger partial charge in [-0.15, -0.1) is 11.3 Å². The zero-order chi connectivity index (χ0) is 22.7. The second-order valence-corrected chi connectivity index (χ2v) is 9.44. The van der Waals surface area contributed by atoms with Crippen LogP contribution in [0.1, 0.15) is 33.6 Å². The van der Waals surface area contributed by atoms with Crippen LogP contribution in [0.25, 0.3) is 10.6 Å². The Morgan fingerprint density at radius 2 is 1.61 bits per heavy atom. The molecule has 0 unspecified atom stereocenters. The van der Waals surface area contributed by atoms with Gasteiger partial charge < -0.3 is 10.0 Å². The van der Waals surface area contributed by atoms with E-state index < -0.39 is 5.60 Å². The van der Waals surface area contributed by atoms with Crippen molar-refractivity contribution in [2.24, 2.45) is 0 Å². The minimum Gasteiger partial charge on any atom is -0.385 e. The van der Waals surface area contributed by atoms with Crippen LogP contribution in [0.2, 0.25) is 0 Å². The number of carbonyl (C=O) groups is 1. The molecule has 5 nitrogen and oxygen atoms in total. The molecule has 2 aromatic heterocycles. The van der Waals surface area contributed by atoms with Crippen LogP contribution in [0, 0.1) is 0 Å². The first-order valence-corrected chi connectivity index (χ1v) is 11.9. The molecular weight excluding hydrogens is 430 g/mol. The normalized spacial score (nSPS) is 15.4. The topological polar surface area (TPSA) is 66.3 Å². The molecule has 0 radical (unpaired) electrons. The van der Waals surface area contributed by atoms with Gasteiger partial charge in [0, 0.05) is 37.5 Å². The fraction of sp³-hybridized carbons (Fsp3) is 0.222. The first kappa shape index (κ1) is 21.5. The van der Waals surface area contributed by atoms with Crippen LogP contribution in [-0.4, -0.2) is 33.9 Å². The summed E-state index contributed by atoms with van der Waals surface area (Å²) in [5, 5.41) is 11.9. The molecule has 166 valence electrons. The van der Waals surface area contributed by atoms with Crippen molar-refractivity contribution in [2.75, 3.05) is 18.0 Å². The highest BCUT2D eigenvalue weighted by Gasteiger charge is 2.34. The van der Waals surface area contributed by atoms with Gasteiger partial charge in [0.05, 0.1) is 10.5 Å². The van der Waals surface area contributed by atoms with Crippen LogP contribution in [0.5, 0.6) is 0 Å².